The number of anilines is 1. The predicted octanol–water partition coefficient (Wildman–Crippen LogP) is 1.74. The smallest absolute Gasteiger partial charge is 0.321 e. The first-order chi connectivity index (χ1) is 12.0. The van der Waals surface area contributed by atoms with Crippen LogP contribution in [0.2, 0.25) is 0 Å². The molecule has 1 aromatic carbocycles. The number of amides is 3. The SMILES string of the molecule is Cc1cc(NC(=O)NC(Cc2ccccc2)C(=O)NC2CC2)n(C)n1. The van der Waals surface area contributed by atoms with Gasteiger partial charge in [-0.1, -0.05) is 30.3 Å². The molecule has 1 heterocycles. The van der Waals surface area contributed by atoms with E-state index >= 15 is 0 Å². The van der Waals surface area contributed by atoms with Crippen molar-refractivity contribution in [1.82, 2.24) is 20.4 Å². The molecule has 0 aliphatic heterocycles. The second kappa shape index (κ2) is 7.38. The Morgan fingerprint density at radius 3 is 2.60 bits per heavy atom. The van der Waals surface area contributed by atoms with E-state index in [-0.39, 0.29) is 11.9 Å². The van der Waals surface area contributed by atoms with Gasteiger partial charge >= 0.3 is 6.03 Å². The van der Waals surface area contributed by atoms with Gasteiger partial charge in [-0.05, 0) is 25.3 Å². The van der Waals surface area contributed by atoms with Gasteiger partial charge in [0.25, 0.3) is 0 Å². The van der Waals surface area contributed by atoms with Gasteiger partial charge in [-0.2, -0.15) is 5.10 Å². The van der Waals surface area contributed by atoms with Gasteiger partial charge in [0.15, 0.2) is 0 Å². The summed E-state index contributed by atoms with van der Waals surface area (Å²) in [5.74, 6) is 0.429. The van der Waals surface area contributed by atoms with Gasteiger partial charge < -0.3 is 10.6 Å². The van der Waals surface area contributed by atoms with Crippen molar-refractivity contribution in [2.24, 2.45) is 7.05 Å². The summed E-state index contributed by atoms with van der Waals surface area (Å²) in [6.07, 6.45) is 2.45. The first-order valence-electron chi connectivity index (χ1n) is 8.44. The largest absolute Gasteiger partial charge is 0.352 e. The number of nitrogens with zero attached hydrogens (tertiary/aromatic N) is 2. The van der Waals surface area contributed by atoms with Crippen LogP contribution in [0.25, 0.3) is 0 Å². The Kier molecular flexibility index (Phi) is 5.02. The molecule has 0 bridgehead atoms. The fraction of sp³-hybridized carbons (Fsp3) is 0.389. The normalized spacial score (nSPS) is 14.6. The number of aromatic nitrogens is 2. The van der Waals surface area contributed by atoms with Gasteiger partial charge in [-0.15, -0.1) is 0 Å². The maximum Gasteiger partial charge on any atom is 0.321 e. The van der Waals surface area contributed by atoms with Crippen molar-refractivity contribution in [2.45, 2.75) is 38.3 Å². The molecule has 7 nitrogen and oxygen atoms in total. The first-order valence-corrected chi connectivity index (χ1v) is 8.44. The van der Waals surface area contributed by atoms with Gasteiger partial charge in [-0.3, -0.25) is 14.8 Å². The van der Waals surface area contributed by atoms with E-state index in [1.807, 2.05) is 37.3 Å². The third-order valence-electron chi connectivity index (χ3n) is 4.07. The van der Waals surface area contributed by atoms with Crippen LogP contribution in [0.3, 0.4) is 0 Å². The van der Waals surface area contributed by atoms with E-state index in [1.54, 1.807) is 17.8 Å². The van der Waals surface area contributed by atoms with Crippen molar-refractivity contribution in [3.05, 3.63) is 47.7 Å². The third kappa shape index (κ3) is 4.82. The number of urea groups is 1. The fourth-order valence-corrected chi connectivity index (χ4v) is 2.63. The Balaban J connectivity index is 1.66. The van der Waals surface area contributed by atoms with Crippen LogP contribution >= 0.6 is 0 Å². The van der Waals surface area contributed by atoms with E-state index in [0.29, 0.717) is 12.2 Å². The number of hydrogen-bond acceptors (Lipinski definition) is 3. The Bertz CT molecular complexity index is 752. The highest BCUT2D eigenvalue weighted by atomic mass is 16.2. The molecular formula is C18H23N5O2. The molecule has 0 spiro atoms. The van der Waals surface area contributed by atoms with E-state index in [0.717, 1.165) is 24.1 Å². The van der Waals surface area contributed by atoms with Crippen LogP contribution in [0.1, 0.15) is 24.1 Å². The van der Waals surface area contributed by atoms with Crippen molar-refractivity contribution >= 4 is 17.8 Å². The lowest BCUT2D eigenvalue weighted by atomic mass is 10.1. The standard InChI is InChI=1S/C18H23N5O2/c1-12-10-16(23(2)22-12)21-18(25)20-15(17(24)19-14-8-9-14)11-13-6-4-3-5-7-13/h3-7,10,14-15H,8-9,11H2,1-2H3,(H,19,24)(H2,20,21,25). The quantitative estimate of drug-likeness (QED) is 0.748. The lowest BCUT2D eigenvalue weighted by Crippen LogP contribution is -2.50. The van der Waals surface area contributed by atoms with E-state index in [4.69, 9.17) is 0 Å². The number of benzene rings is 1. The van der Waals surface area contributed by atoms with E-state index < -0.39 is 12.1 Å². The van der Waals surface area contributed by atoms with Crippen molar-refractivity contribution in [3.8, 4) is 0 Å². The molecule has 3 amide bonds. The van der Waals surface area contributed by atoms with Crippen LogP contribution in [-0.4, -0.2) is 33.8 Å². The number of rotatable bonds is 6. The van der Waals surface area contributed by atoms with Gasteiger partial charge in [-0.25, -0.2) is 4.79 Å². The molecule has 1 unspecified atom stereocenters. The molecule has 1 fully saturated rings. The molecule has 2 aromatic rings. The second-order valence-electron chi connectivity index (χ2n) is 6.42. The molecule has 0 radical (unpaired) electrons. The molecule has 25 heavy (non-hydrogen) atoms. The molecule has 1 atom stereocenters. The molecule has 3 rings (SSSR count). The summed E-state index contributed by atoms with van der Waals surface area (Å²) in [6.45, 7) is 1.85. The van der Waals surface area contributed by atoms with Crippen molar-refractivity contribution < 1.29 is 9.59 Å². The Morgan fingerprint density at radius 2 is 2.00 bits per heavy atom. The van der Waals surface area contributed by atoms with Crippen LogP contribution in [0.4, 0.5) is 10.6 Å². The molecule has 7 heteroatoms. The second-order valence-corrected chi connectivity index (χ2v) is 6.42. The van der Waals surface area contributed by atoms with E-state index in [9.17, 15) is 9.59 Å². The van der Waals surface area contributed by atoms with Gasteiger partial charge in [0.1, 0.15) is 11.9 Å². The predicted molar refractivity (Wildman–Crippen MR) is 95.2 cm³/mol. The first kappa shape index (κ1) is 17.0. The van der Waals surface area contributed by atoms with Crippen molar-refractivity contribution in [3.63, 3.8) is 0 Å². The summed E-state index contributed by atoms with van der Waals surface area (Å²) < 4.78 is 1.59. The molecule has 0 saturated heterocycles. The minimum atomic E-state index is -0.627. The van der Waals surface area contributed by atoms with Crippen molar-refractivity contribution in [2.75, 3.05) is 5.32 Å². The summed E-state index contributed by atoms with van der Waals surface area (Å²) in [6, 6.07) is 10.6. The highest BCUT2D eigenvalue weighted by Crippen LogP contribution is 2.19. The summed E-state index contributed by atoms with van der Waals surface area (Å²) in [5.41, 5.74) is 1.81. The fourth-order valence-electron chi connectivity index (χ4n) is 2.63. The van der Waals surface area contributed by atoms with Crippen LogP contribution in [0, 0.1) is 6.92 Å². The average molecular weight is 341 g/mol. The number of hydrogen-bond donors (Lipinski definition) is 3. The summed E-state index contributed by atoms with van der Waals surface area (Å²) >= 11 is 0. The molecule has 1 saturated carbocycles. The number of carbonyl (C=O) groups excluding carboxylic acids is 2. The van der Waals surface area contributed by atoms with Crippen LogP contribution < -0.4 is 16.0 Å². The highest BCUT2D eigenvalue weighted by molar-refractivity contribution is 5.93. The zero-order chi connectivity index (χ0) is 17.8. The number of carbonyl (C=O) groups is 2. The lowest BCUT2D eigenvalue weighted by molar-refractivity contribution is -0.123. The van der Waals surface area contributed by atoms with Crippen molar-refractivity contribution in [1.29, 1.82) is 0 Å². The maximum atomic E-state index is 12.5. The Hall–Kier alpha value is -2.83. The number of aryl methyl sites for hydroxylation is 2. The monoisotopic (exact) mass is 341 g/mol. The molecular weight excluding hydrogens is 318 g/mol. The van der Waals surface area contributed by atoms with Crippen LogP contribution in [-0.2, 0) is 18.3 Å². The lowest BCUT2D eigenvalue weighted by Gasteiger charge is -2.19. The van der Waals surface area contributed by atoms with Gasteiger partial charge in [0.2, 0.25) is 5.91 Å². The Morgan fingerprint density at radius 1 is 1.28 bits per heavy atom. The molecule has 132 valence electrons. The summed E-state index contributed by atoms with van der Waals surface area (Å²) in [7, 11) is 1.75. The minimum Gasteiger partial charge on any atom is -0.352 e. The summed E-state index contributed by atoms with van der Waals surface area (Å²) in [5, 5.41) is 12.7. The zero-order valence-corrected chi connectivity index (χ0v) is 14.5. The molecule has 1 aliphatic carbocycles. The third-order valence-corrected chi connectivity index (χ3v) is 4.07. The highest BCUT2D eigenvalue weighted by Gasteiger charge is 2.28. The summed E-state index contributed by atoms with van der Waals surface area (Å²) in [4.78, 5) is 24.8. The molecule has 1 aromatic heterocycles. The van der Waals surface area contributed by atoms with E-state index in [2.05, 4.69) is 21.0 Å². The zero-order valence-electron chi connectivity index (χ0n) is 14.5. The van der Waals surface area contributed by atoms with Crippen LogP contribution in [0.15, 0.2) is 36.4 Å². The molecule has 3 N–H and O–H groups in total. The number of nitrogens with one attached hydrogen (secondary N) is 3. The Labute approximate surface area is 146 Å². The molecule has 1 aliphatic rings. The van der Waals surface area contributed by atoms with Gasteiger partial charge in [0, 0.05) is 25.6 Å². The minimum absolute atomic E-state index is 0.150. The van der Waals surface area contributed by atoms with E-state index in [1.165, 1.54) is 0 Å². The van der Waals surface area contributed by atoms with Crippen LogP contribution in [0.5, 0.6) is 0 Å². The average Bonchev–Trinajstić information content (AvgIpc) is 3.32. The van der Waals surface area contributed by atoms with Gasteiger partial charge in [0.05, 0.1) is 5.69 Å². The maximum absolute atomic E-state index is 12.5. The topological polar surface area (TPSA) is 88.0 Å².